The van der Waals surface area contributed by atoms with Crippen molar-refractivity contribution < 1.29 is 4.79 Å². The standard InChI is InChI=1S/C16H19N3O.2ClH/c1-16(10-17)7-9-19(11-16)15(20)13-6-2-4-12-5-3-8-18-14(12)13;;/h2-6,8H,7,9-11,17H2,1H3;2*1H. The van der Waals surface area contributed by atoms with Crippen LogP contribution in [0.15, 0.2) is 36.5 Å². The van der Waals surface area contributed by atoms with E-state index in [1.165, 1.54) is 0 Å². The van der Waals surface area contributed by atoms with E-state index in [9.17, 15) is 4.79 Å². The fourth-order valence-corrected chi connectivity index (χ4v) is 2.81. The van der Waals surface area contributed by atoms with E-state index in [1.54, 1.807) is 6.20 Å². The van der Waals surface area contributed by atoms with E-state index in [0.29, 0.717) is 12.1 Å². The Hall–Kier alpha value is -1.36. The van der Waals surface area contributed by atoms with Crippen LogP contribution in [0.25, 0.3) is 10.9 Å². The molecule has 2 N–H and O–H groups in total. The predicted molar refractivity (Wildman–Crippen MR) is 93.9 cm³/mol. The molecule has 2 aromatic rings. The number of para-hydroxylation sites is 1. The molecule has 4 nitrogen and oxygen atoms in total. The monoisotopic (exact) mass is 341 g/mol. The number of amides is 1. The summed E-state index contributed by atoms with van der Waals surface area (Å²) in [7, 11) is 0. The molecule has 2 heterocycles. The first-order chi connectivity index (χ1) is 9.63. The third-order valence-corrected chi connectivity index (χ3v) is 4.20. The largest absolute Gasteiger partial charge is 0.338 e. The van der Waals surface area contributed by atoms with E-state index in [4.69, 9.17) is 5.73 Å². The fraction of sp³-hybridized carbons (Fsp3) is 0.375. The number of rotatable bonds is 2. The molecule has 1 amide bonds. The molecule has 0 spiro atoms. The number of carbonyl (C=O) groups is 1. The lowest BCUT2D eigenvalue weighted by molar-refractivity contribution is 0.0778. The Morgan fingerprint density at radius 3 is 2.73 bits per heavy atom. The van der Waals surface area contributed by atoms with E-state index in [-0.39, 0.29) is 36.1 Å². The van der Waals surface area contributed by atoms with Crippen molar-refractivity contribution in [2.24, 2.45) is 11.1 Å². The van der Waals surface area contributed by atoms with E-state index < -0.39 is 0 Å². The topological polar surface area (TPSA) is 59.2 Å². The average Bonchev–Trinajstić information content (AvgIpc) is 2.89. The van der Waals surface area contributed by atoms with Gasteiger partial charge in [0.15, 0.2) is 0 Å². The number of aromatic nitrogens is 1. The van der Waals surface area contributed by atoms with Crippen LogP contribution in [0.4, 0.5) is 0 Å². The van der Waals surface area contributed by atoms with Crippen molar-refractivity contribution in [3.05, 3.63) is 42.1 Å². The highest BCUT2D eigenvalue weighted by molar-refractivity contribution is 6.05. The molecule has 0 radical (unpaired) electrons. The zero-order valence-electron chi connectivity index (χ0n) is 12.5. The van der Waals surface area contributed by atoms with Crippen LogP contribution in [-0.2, 0) is 0 Å². The number of hydrogen-bond donors (Lipinski definition) is 1. The van der Waals surface area contributed by atoms with Gasteiger partial charge in [-0.15, -0.1) is 24.8 Å². The van der Waals surface area contributed by atoms with Crippen LogP contribution >= 0.6 is 24.8 Å². The average molecular weight is 342 g/mol. The van der Waals surface area contributed by atoms with Crippen LogP contribution in [-0.4, -0.2) is 35.4 Å². The molecule has 1 aliphatic heterocycles. The number of benzene rings is 1. The summed E-state index contributed by atoms with van der Waals surface area (Å²) >= 11 is 0. The van der Waals surface area contributed by atoms with Crippen molar-refractivity contribution in [3.8, 4) is 0 Å². The number of carbonyl (C=O) groups excluding carboxylic acids is 1. The smallest absolute Gasteiger partial charge is 0.256 e. The summed E-state index contributed by atoms with van der Waals surface area (Å²) in [6.45, 7) is 4.26. The van der Waals surface area contributed by atoms with Gasteiger partial charge in [-0.2, -0.15) is 0 Å². The number of nitrogens with two attached hydrogens (primary N) is 1. The van der Waals surface area contributed by atoms with Crippen molar-refractivity contribution in [2.45, 2.75) is 13.3 Å². The van der Waals surface area contributed by atoms with Crippen molar-refractivity contribution in [1.82, 2.24) is 9.88 Å². The van der Waals surface area contributed by atoms with Crippen molar-refractivity contribution >= 4 is 41.6 Å². The van der Waals surface area contributed by atoms with Gasteiger partial charge < -0.3 is 10.6 Å². The first-order valence-electron chi connectivity index (χ1n) is 6.96. The lowest BCUT2D eigenvalue weighted by atomic mass is 9.90. The number of halogens is 2. The van der Waals surface area contributed by atoms with Crippen molar-refractivity contribution in [1.29, 1.82) is 0 Å². The molecule has 0 aliphatic carbocycles. The molecule has 1 aliphatic rings. The molecule has 1 aromatic heterocycles. The Morgan fingerprint density at radius 2 is 2.05 bits per heavy atom. The normalized spacial score (nSPS) is 20.4. The number of fused-ring (bicyclic) bond motifs is 1. The highest BCUT2D eigenvalue weighted by Gasteiger charge is 2.35. The second-order valence-corrected chi connectivity index (χ2v) is 5.87. The van der Waals surface area contributed by atoms with Gasteiger partial charge in [0.05, 0.1) is 11.1 Å². The van der Waals surface area contributed by atoms with E-state index in [1.807, 2.05) is 35.2 Å². The van der Waals surface area contributed by atoms with E-state index in [0.717, 1.165) is 30.4 Å². The van der Waals surface area contributed by atoms with Gasteiger partial charge in [0.25, 0.3) is 5.91 Å². The summed E-state index contributed by atoms with van der Waals surface area (Å²) < 4.78 is 0. The van der Waals surface area contributed by atoms with Crippen molar-refractivity contribution in [2.75, 3.05) is 19.6 Å². The fourth-order valence-electron chi connectivity index (χ4n) is 2.81. The molecule has 0 bridgehead atoms. The maximum atomic E-state index is 12.7. The zero-order valence-corrected chi connectivity index (χ0v) is 14.1. The highest BCUT2D eigenvalue weighted by Crippen LogP contribution is 2.30. The summed E-state index contributed by atoms with van der Waals surface area (Å²) in [5.41, 5.74) is 7.32. The predicted octanol–water partition coefficient (Wildman–Crippen LogP) is 2.89. The van der Waals surface area contributed by atoms with Gasteiger partial charge in [-0.05, 0) is 30.5 Å². The summed E-state index contributed by atoms with van der Waals surface area (Å²) in [6, 6.07) is 9.61. The van der Waals surface area contributed by atoms with Gasteiger partial charge in [0.1, 0.15) is 0 Å². The summed E-state index contributed by atoms with van der Waals surface area (Å²) in [5, 5.41) is 0.999. The maximum Gasteiger partial charge on any atom is 0.256 e. The minimum atomic E-state index is 0. The SMILES string of the molecule is CC1(CN)CCN(C(=O)c2cccc3cccnc23)C1.Cl.Cl. The molecular formula is C16H21Cl2N3O. The van der Waals surface area contributed by atoms with Crippen LogP contribution < -0.4 is 5.73 Å². The van der Waals surface area contributed by atoms with Crippen LogP contribution in [0.2, 0.25) is 0 Å². The number of hydrogen-bond acceptors (Lipinski definition) is 3. The molecule has 1 unspecified atom stereocenters. The summed E-state index contributed by atoms with van der Waals surface area (Å²) in [5.74, 6) is 0.0616. The minimum absolute atomic E-state index is 0. The molecule has 1 atom stereocenters. The van der Waals surface area contributed by atoms with Crippen LogP contribution in [0.5, 0.6) is 0 Å². The quantitative estimate of drug-likeness (QED) is 0.913. The lowest BCUT2D eigenvalue weighted by Crippen LogP contribution is -2.34. The molecule has 1 fully saturated rings. The highest BCUT2D eigenvalue weighted by atomic mass is 35.5. The minimum Gasteiger partial charge on any atom is -0.338 e. The first kappa shape index (κ1) is 18.7. The lowest BCUT2D eigenvalue weighted by Gasteiger charge is -2.22. The third kappa shape index (κ3) is 3.35. The van der Waals surface area contributed by atoms with Gasteiger partial charge in [-0.1, -0.05) is 25.1 Å². The van der Waals surface area contributed by atoms with E-state index >= 15 is 0 Å². The van der Waals surface area contributed by atoms with Gasteiger partial charge in [0, 0.05) is 24.7 Å². The van der Waals surface area contributed by atoms with Gasteiger partial charge in [-0.25, -0.2) is 0 Å². The zero-order chi connectivity index (χ0) is 14.2. The number of likely N-dealkylation sites (tertiary alicyclic amines) is 1. The van der Waals surface area contributed by atoms with Gasteiger partial charge in [0.2, 0.25) is 0 Å². The first-order valence-corrected chi connectivity index (χ1v) is 6.96. The number of nitrogens with zero attached hydrogens (tertiary/aromatic N) is 2. The molecular weight excluding hydrogens is 321 g/mol. The third-order valence-electron chi connectivity index (χ3n) is 4.20. The summed E-state index contributed by atoms with van der Waals surface area (Å²) in [4.78, 5) is 19.0. The van der Waals surface area contributed by atoms with E-state index in [2.05, 4.69) is 11.9 Å². The Bertz CT molecular complexity index is 659. The Labute approximate surface area is 142 Å². The Morgan fingerprint density at radius 1 is 1.32 bits per heavy atom. The van der Waals surface area contributed by atoms with Crippen LogP contribution in [0.1, 0.15) is 23.7 Å². The van der Waals surface area contributed by atoms with Crippen LogP contribution in [0, 0.1) is 5.41 Å². The molecule has 3 rings (SSSR count). The molecule has 1 aromatic carbocycles. The Kier molecular flexibility index (Phi) is 6.17. The maximum absolute atomic E-state index is 12.7. The molecule has 0 saturated carbocycles. The van der Waals surface area contributed by atoms with Crippen LogP contribution in [0.3, 0.4) is 0 Å². The molecule has 1 saturated heterocycles. The summed E-state index contributed by atoms with van der Waals surface area (Å²) in [6.07, 6.45) is 2.69. The Balaban J connectivity index is 0.00000121. The molecule has 120 valence electrons. The van der Waals surface area contributed by atoms with Crippen molar-refractivity contribution in [3.63, 3.8) is 0 Å². The van der Waals surface area contributed by atoms with Gasteiger partial charge >= 0.3 is 0 Å². The second-order valence-electron chi connectivity index (χ2n) is 5.87. The molecule has 22 heavy (non-hydrogen) atoms. The molecule has 6 heteroatoms. The number of pyridine rings is 1. The second kappa shape index (κ2) is 7.27. The van der Waals surface area contributed by atoms with Gasteiger partial charge in [-0.3, -0.25) is 9.78 Å².